The molecule has 0 fully saturated rings. The van der Waals surface area contributed by atoms with Crippen LogP contribution in [-0.2, 0) is 27.1 Å². The van der Waals surface area contributed by atoms with Crippen molar-refractivity contribution in [3.8, 4) is 5.75 Å². The van der Waals surface area contributed by atoms with Gasteiger partial charge >= 0.3 is 0 Å². The maximum atomic E-state index is 13.4. The minimum Gasteiger partial charge on any atom is -0.491 e. The van der Waals surface area contributed by atoms with E-state index in [-0.39, 0.29) is 29.5 Å². The molecule has 5 rings (SSSR count). The molecule has 0 radical (unpaired) electrons. The summed E-state index contributed by atoms with van der Waals surface area (Å²) in [7, 11) is -4.56. The summed E-state index contributed by atoms with van der Waals surface area (Å²) in [5.74, 6) is 5.65. The number of benzene rings is 3. The summed E-state index contributed by atoms with van der Waals surface area (Å²) in [6.45, 7) is 0.633. The van der Waals surface area contributed by atoms with Gasteiger partial charge in [-0.05, 0) is 60.5 Å². The van der Waals surface area contributed by atoms with E-state index in [0.717, 1.165) is 10.5 Å². The Kier molecular flexibility index (Phi) is 15.8. The molecule has 2 amide bonds. The standard InChI is InChI=1S/C39H38Cl2N8O6S2/c40-31-11-6-12-32(41)38(31)56-26-30-15-17-34(55-23-20-27-8-2-1-3-9-27)33(46-30)16-19-37(50)48-49(45-25-28-10-4-5-13-35(28)57(52,53)54)22-7-21-43-39(51)29-14-18-36(47-42)44-24-29/h1-6,8-19,24-25H,7,20-23,26,42H2,(H,43,51)(H,44,47)(H,48,50)(H,52,53,54)/b19-16?,45-25+. The molecule has 0 bridgehead atoms. The van der Waals surface area contributed by atoms with Crippen molar-refractivity contribution in [2.24, 2.45) is 10.9 Å². The number of ether oxygens (including phenoxy) is 1. The molecule has 3 aromatic carbocycles. The van der Waals surface area contributed by atoms with Crippen molar-refractivity contribution in [1.82, 2.24) is 25.8 Å². The number of nitrogens with zero attached hydrogens (tertiary/aromatic N) is 4. The predicted molar refractivity (Wildman–Crippen MR) is 223 cm³/mol. The van der Waals surface area contributed by atoms with Crippen LogP contribution in [0.2, 0.25) is 10.0 Å². The van der Waals surface area contributed by atoms with E-state index in [1.54, 1.807) is 42.5 Å². The lowest BCUT2D eigenvalue weighted by Crippen LogP contribution is -2.39. The molecule has 0 aliphatic rings. The number of carbonyl (C=O) groups is 2. The maximum absolute atomic E-state index is 13.4. The van der Waals surface area contributed by atoms with Crippen LogP contribution in [0.5, 0.6) is 5.75 Å². The molecule has 0 spiro atoms. The summed E-state index contributed by atoms with van der Waals surface area (Å²) in [4.78, 5) is 35.2. The second kappa shape index (κ2) is 21.2. The Morgan fingerprint density at radius 1 is 0.965 bits per heavy atom. The van der Waals surface area contributed by atoms with Crippen molar-refractivity contribution in [2.45, 2.75) is 28.4 Å². The number of hydrazone groups is 1. The number of aromatic nitrogens is 2. The number of amides is 2. The number of thioether (sulfide) groups is 1. The van der Waals surface area contributed by atoms with Crippen LogP contribution in [-0.4, -0.2) is 65.8 Å². The molecule has 2 heterocycles. The predicted octanol–water partition coefficient (Wildman–Crippen LogP) is 6.43. The molecule has 0 aliphatic heterocycles. The number of rotatable bonds is 19. The van der Waals surface area contributed by atoms with Gasteiger partial charge in [0.1, 0.15) is 22.2 Å². The fourth-order valence-electron chi connectivity index (χ4n) is 5.08. The average molecular weight is 850 g/mol. The van der Waals surface area contributed by atoms with Crippen molar-refractivity contribution >= 4 is 75.0 Å². The lowest BCUT2D eigenvalue weighted by molar-refractivity contribution is -0.121. The molecule has 14 nitrogen and oxygen atoms in total. The van der Waals surface area contributed by atoms with Gasteiger partial charge in [-0.15, -0.1) is 11.8 Å². The number of pyridine rings is 2. The van der Waals surface area contributed by atoms with Crippen molar-refractivity contribution in [3.05, 3.63) is 147 Å². The quantitative estimate of drug-likeness (QED) is 0.0116. The molecular formula is C39H38Cl2N8O6S2. The zero-order chi connectivity index (χ0) is 40.6. The number of nitrogens with one attached hydrogen (secondary N) is 3. The van der Waals surface area contributed by atoms with Crippen LogP contribution in [0.4, 0.5) is 5.82 Å². The third kappa shape index (κ3) is 13.3. The minimum atomic E-state index is -4.56. The van der Waals surface area contributed by atoms with Gasteiger partial charge in [-0.1, -0.05) is 77.8 Å². The lowest BCUT2D eigenvalue weighted by Gasteiger charge is -2.19. The van der Waals surface area contributed by atoms with Crippen LogP contribution in [0.1, 0.15) is 39.3 Å². The SMILES string of the molecule is NNc1ccc(C(=O)NCCCN(/N=C/c2ccccc2S(=O)(=O)O)NC(=O)C=Cc2nc(CSc3c(Cl)cccc3Cl)ccc2OCCc2ccccc2)cn1. The van der Waals surface area contributed by atoms with Gasteiger partial charge in [0.2, 0.25) is 0 Å². The van der Waals surface area contributed by atoms with Gasteiger partial charge in [-0.2, -0.15) is 13.5 Å². The summed E-state index contributed by atoms with van der Waals surface area (Å²) >= 11 is 14.2. The highest BCUT2D eigenvalue weighted by molar-refractivity contribution is 7.98. The van der Waals surface area contributed by atoms with E-state index in [4.69, 9.17) is 38.8 Å². The fourth-order valence-corrected chi connectivity index (χ4v) is 7.34. The Morgan fingerprint density at radius 3 is 2.44 bits per heavy atom. The van der Waals surface area contributed by atoms with E-state index in [9.17, 15) is 22.6 Å². The topological polar surface area (TPSA) is 201 Å². The summed E-state index contributed by atoms with van der Waals surface area (Å²) in [6, 6.07) is 27.6. The van der Waals surface area contributed by atoms with Crippen LogP contribution in [0.15, 0.2) is 124 Å². The number of anilines is 1. The number of halogens is 2. The fraction of sp³-hybridized carbons (Fsp3) is 0.154. The lowest BCUT2D eigenvalue weighted by atomic mass is 10.2. The van der Waals surface area contributed by atoms with E-state index < -0.39 is 16.0 Å². The highest BCUT2D eigenvalue weighted by Gasteiger charge is 2.15. The van der Waals surface area contributed by atoms with Gasteiger partial charge in [0.25, 0.3) is 21.9 Å². The number of hydrazine groups is 2. The number of hydrogen-bond donors (Lipinski definition) is 5. The van der Waals surface area contributed by atoms with Crippen molar-refractivity contribution in [1.29, 1.82) is 0 Å². The van der Waals surface area contributed by atoms with Crippen LogP contribution >= 0.6 is 35.0 Å². The van der Waals surface area contributed by atoms with Gasteiger partial charge < -0.3 is 15.5 Å². The monoisotopic (exact) mass is 848 g/mol. The Bertz CT molecular complexity index is 2300. The molecule has 0 saturated heterocycles. The highest BCUT2D eigenvalue weighted by Crippen LogP contribution is 2.36. The second-order valence-corrected chi connectivity index (χ2v) is 15.2. The Labute approximate surface area is 344 Å². The van der Waals surface area contributed by atoms with Gasteiger partial charge in [0.15, 0.2) is 0 Å². The number of hydrogen-bond acceptors (Lipinski definition) is 12. The van der Waals surface area contributed by atoms with Gasteiger partial charge in [-0.25, -0.2) is 26.4 Å². The molecule has 6 N–H and O–H groups in total. The number of nitrogen functional groups attached to an aromatic ring is 1. The van der Waals surface area contributed by atoms with Crippen LogP contribution in [0.3, 0.4) is 0 Å². The van der Waals surface area contributed by atoms with E-state index in [2.05, 4.69) is 26.3 Å². The molecule has 0 aliphatic carbocycles. The summed E-state index contributed by atoms with van der Waals surface area (Å²) in [6.07, 6.45) is 6.29. The third-order valence-corrected chi connectivity index (χ3v) is 10.8. The highest BCUT2D eigenvalue weighted by atomic mass is 35.5. The van der Waals surface area contributed by atoms with Crippen LogP contribution in [0, 0.1) is 0 Å². The smallest absolute Gasteiger partial charge is 0.295 e. The molecule has 0 atom stereocenters. The molecule has 296 valence electrons. The third-order valence-electron chi connectivity index (χ3n) is 7.89. The first-order valence-electron chi connectivity index (χ1n) is 17.3. The normalized spacial score (nSPS) is 11.4. The van der Waals surface area contributed by atoms with Crippen molar-refractivity contribution in [2.75, 3.05) is 25.1 Å². The first kappa shape index (κ1) is 42.6. The second-order valence-electron chi connectivity index (χ2n) is 12.0. The molecule has 57 heavy (non-hydrogen) atoms. The van der Waals surface area contributed by atoms with Gasteiger partial charge in [-0.3, -0.25) is 14.1 Å². The largest absolute Gasteiger partial charge is 0.491 e. The molecule has 0 saturated carbocycles. The van der Waals surface area contributed by atoms with Gasteiger partial charge in [0.05, 0.1) is 40.7 Å². The minimum absolute atomic E-state index is 0.0836. The van der Waals surface area contributed by atoms with E-state index in [1.165, 1.54) is 59.6 Å². The number of carbonyl (C=O) groups excluding carboxylic acids is 2. The molecular weight excluding hydrogens is 812 g/mol. The van der Waals surface area contributed by atoms with E-state index in [1.807, 2.05) is 36.4 Å². The van der Waals surface area contributed by atoms with E-state index >= 15 is 0 Å². The zero-order valence-corrected chi connectivity index (χ0v) is 33.4. The average Bonchev–Trinajstić information content (AvgIpc) is 3.21. The summed E-state index contributed by atoms with van der Waals surface area (Å²) < 4.78 is 39.8. The van der Waals surface area contributed by atoms with Crippen LogP contribution in [0.25, 0.3) is 6.08 Å². The van der Waals surface area contributed by atoms with Crippen molar-refractivity contribution < 1.29 is 27.3 Å². The van der Waals surface area contributed by atoms with Crippen LogP contribution < -0.4 is 26.7 Å². The van der Waals surface area contributed by atoms with E-state index in [0.29, 0.717) is 63.8 Å². The van der Waals surface area contributed by atoms with Crippen molar-refractivity contribution in [3.63, 3.8) is 0 Å². The molecule has 5 aromatic rings. The Morgan fingerprint density at radius 2 is 1.72 bits per heavy atom. The molecule has 0 unspecified atom stereocenters. The Hall–Kier alpha value is -5.49. The first-order chi connectivity index (χ1) is 27.5. The zero-order valence-electron chi connectivity index (χ0n) is 30.2. The number of nitrogens with two attached hydrogens (primary N) is 1. The summed E-state index contributed by atoms with van der Waals surface area (Å²) in [5, 5.41) is 9.29. The van der Waals surface area contributed by atoms with Gasteiger partial charge in [0, 0.05) is 41.5 Å². The molecule has 18 heteroatoms. The Balaban J connectivity index is 1.31. The maximum Gasteiger partial charge on any atom is 0.295 e. The molecule has 2 aromatic heterocycles. The first-order valence-corrected chi connectivity index (χ1v) is 20.5. The summed E-state index contributed by atoms with van der Waals surface area (Å²) in [5.41, 5.74) is 7.63.